The first-order valence-electron chi connectivity index (χ1n) is 6.76. The van der Waals surface area contributed by atoms with Crippen molar-refractivity contribution >= 4 is 5.91 Å². The van der Waals surface area contributed by atoms with E-state index in [1.807, 2.05) is 0 Å². The summed E-state index contributed by atoms with van der Waals surface area (Å²) in [4.78, 5) is 11.6. The number of aryl methyl sites for hydroxylation is 1. The minimum absolute atomic E-state index is 0.0207. The molecule has 0 aliphatic rings. The van der Waals surface area contributed by atoms with E-state index in [0.29, 0.717) is 12.8 Å². The molecule has 0 atom stereocenters. The second kappa shape index (κ2) is 8.51. The lowest BCUT2D eigenvalue weighted by molar-refractivity contribution is -0.121. The van der Waals surface area contributed by atoms with E-state index in [2.05, 4.69) is 12.2 Å². The summed E-state index contributed by atoms with van der Waals surface area (Å²) in [5.74, 6) is -0.136. The van der Waals surface area contributed by atoms with Crippen molar-refractivity contribution in [2.45, 2.75) is 39.0 Å². The number of halogens is 1. The standard InChI is InChI=1S/C15H22FNO2/c1-3-4-5-10-17-15(18)9-7-12-6-8-14(19-2)13(16)11-12/h6,8,11H,3-5,7,9-10H2,1-2H3,(H,17,18). The van der Waals surface area contributed by atoms with Crippen LogP contribution in [0.1, 0.15) is 38.2 Å². The monoisotopic (exact) mass is 267 g/mol. The van der Waals surface area contributed by atoms with Gasteiger partial charge in [0.05, 0.1) is 7.11 Å². The molecule has 4 heteroatoms. The zero-order valence-corrected chi connectivity index (χ0v) is 11.7. The zero-order chi connectivity index (χ0) is 14.1. The molecular formula is C15H22FNO2. The molecule has 1 N–H and O–H groups in total. The van der Waals surface area contributed by atoms with Crippen molar-refractivity contribution in [3.63, 3.8) is 0 Å². The maximum Gasteiger partial charge on any atom is 0.220 e. The number of ether oxygens (including phenoxy) is 1. The topological polar surface area (TPSA) is 38.3 Å². The molecule has 1 amide bonds. The van der Waals surface area contributed by atoms with Gasteiger partial charge in [0.25, 0.3) is 0 Å². The maximum absolute atomic E-state index is 13.4. The van der Waals surface area contributed by atoms with E-state index in [1.54, 1.807) is 12.1 Å². The van der Waals surface area contributed by atoms with Gasteiger partial charge in [0.2, 0.25) is 5.91 Å². The molecule has 0 aromatic heterocycles. The van der Waals surface area contributed by atoms with Crippen LogP contribution in [-0.4, -0.2) is 19.6 Å². The molecule has 19 heavy (non-hydrogen) atoms. The highest BCUT2D eigenvalue weighted by Gasteiger charge is 2.05. The van der Waals surface area contributed by atoms with Crippen molar-refractivity contribution < 1.29 is 13.9 Å². The summed E-state index contributed by atoms with van der Waals surface area (Å²) in [6.07, 6.45) is 4.21. The van der Waals surface area contributed by atoms with Crippen molar-refractivity contribution in [1.29, 1.82) is 0 Å². The van der Waals surface area contributed by atoms with Crippen molar-refractivity contribution in [3.8, 4) is 5.75 Å². The Bertz CT molecular complexity index is 407. The molecule has 1 aromatic rings. The highest BCUT2D eigenvalue weighted by Crippen LogP contribution is 2.18. The lowest BCUT2D eigenvalue weighted by atomic mass is 10.1. The fourth-order valence-corrected chi connectivity index (χ4v) is 1.81. The van der Waals surface area contributed by atoms with Gasteiger partial charge >= 0.3 is 0 Å². The third-order valence-electron chi connectivity index (χ3n) is 2.96. The summed E-state index contributed by atoms with van der Waals surface area (Å²) in [6.45, 7) is 2.85. The minimum atomic E-state index is -0.386. The molecule has 1 rings (SSSR count). The predicted molar refractivity (Wildman–Crippen MR) is 73.8 cm³/mol. The molecule has 0 spiro atoms. The summed E-state index contributed by atoms with van der Waals surface area (Å²) >= 11 is 0. The van der Waals surface area contributed by atoms with E-state index in [-0.39, 0.29) is 17.5 Å². The lowest BCUT2D eigenvalue weighted by Crippen LogP contribution is -2.24. The van der Waals surface area contributed by atoms with Crippen LogP contribution >= 0.6 is 0 Å². The largest absolute Gasteiger partial charge is 0.494 e. The zero-order valence-electron chi connectivity index (χ0n) is 11.7. The van der Waals surface area contributed by atoms with Gasteiger partial charge in [-0.3, -0.25) is 4.79 Å². The fourth-order valence-electron chi connectivity index (χ4n) is 1.81. The molecule has 0 heterocycles. The first-order valence-corrected chi connectivity index (χ1v) is 6.76. The number of nitrogens with one attached hydrogen (secondary N) is 1. The average Bonchev–Trinajstić information content (AvgIpc) is 2.41. The van der Waals surface area contributed by atoms with Crippen LogP contribution in [-0.2, 0) is 11.2 Å². The van der Waals surface area contributed by atoms with Crippen molar-refractivity contribution in [1.82, 2.24) is 5.32 Å². The summed E-state index contributed by atoms with van der Waals surface area (Å²) in [6, 6.07) is 4.79. The molecular weight excluding hydrogens is 245 g/mol. The van der Waals surface area contributed by atoms with Gasteiger partial charge in [0.1, 0.15) is 0 Å². The second-order valence-electron chi connectivity index (χ2n) is 4.53. The van der Waals surface area contributed by atoms with Gasteiger partial charge in [-0.1, -0.05) is 25.8 Å². The molecule has 0 aliphatic heterocycles. The average molecular weight is 267 g/mol. The van der Waals surface area contributed by atoms with Gasteiger partial charge in [0.15, 0.2) is 11.6 Å². The number of hydrogen-bond acceptors (Lipinski definition) is 2. The highest BCUT2D eigenvalue weighted by atomic mass is 19.1. The summed E-state index contributed by atoms with van der Waals surface area (Å²) < 4.78 is 18.3. The van der Waals surface area contributed by atoms with Crippen LogP contribution < -0.4 is 10.1 Å². The Hall–Kier alpha value is -1.58. The van der Waals surface area contributed by atoms with Crippen molar-refractivity contribution in [2.75, 3.05) is 13.7 Å². The number of carbonyl (C=O) groups excluding carboxylic acids is 1. The Balaban J connectivity index is 2.32. The van der Waals surface area contributed by atoms with Crippen LogP contribution in [0.25, 0.3) is 0 Å². The molecule has 0 bridgehead atoms. The van der Waals surface area contributed by atoms with Crippen molar-refractivity contribution in [2.24, 2.45) is 0 Å². The molecule has 0 aliphatic carbocycles. The molecule has 0 saturated carbocycles. The van der Waals surface area contributed by atoms with E-state index in [1.165, 1.54) is 13.2 Å². The Kier molecular flexibility index (Phi) is 6.93. The summed E-state index contributed by atoms with van der Waals surface area (Å²) in [7, 11) is 1.43. The first kappa shape index (κ1) is 15.5. The Labute approximate surface area is 114 Å². The van der Waals surface area contributed by atoms with E-state index >= 15 is 0 Å². The van der Waals surface area contributed by atoms with Crippen LogP contribution in [0, 0.1) is 5.82 Å². The quantitative estimate of drug-likeness (QED) is 0.735. The maximum atomic E-state index is 13.4. The molecule has 106 valence electrons. The Morgan fingerprint density at radius 3 is 2.79 bits per heavy atom. The summed E-state index contributed by atoms with van der Waals surface area (Å²) in [5, 5.41) is 2.87. The number of amides is 1. The Morgan fingerprint density at radius 2 is 2.16 bits per heavy atom. The van der Waals surface area contributed by atoms with Crippen molar-refractivity contribution in [3.05, 3.63) is 29.6 Å². The predicted octanol–water partition coefficient (Wildman–Crippen LogP) is 3.07. The van der Waals surface area contributed by atoms with E-state index in [0.717, 1.165) is 31.4 Å². The number of methoxy groups -OCH3 is 1. The fraction of sp³-hybridized carbons (Fsp3) is 0.533. The van der Waals surface area contributed by atoms with Gasteiger partial charge in [-0.25, -0.2) is 4.39 Å². The van der Waals surface area contributed by atoms with Gasteiger partial charge < -0.3 is 10.1 Å². The number of carbonyl (C=O) groups is 1. The molecule has 0 radical (unpaired) electrons. The molecule has 1 aromatic carbocycles. The molecule has 0 unspecified atom stereocenters. The van der Waals surface area contributed by atoms with Crippen LogP contribution in [0.15, 0.2) is 18.2 Å². The number of rotatable bonds is 8. The van der Waals surface area contributed by atoms with Gasteiger partial charge in [-0.2, -0.15) is 0 Å². The molecule has 3 nitrogen and oxygen atoms in total. The van der Waals surface area contributed by atoms with Crippen LogP contribution in [0.2, 0.25) is 0 Å². The number of hydrogen-bond donors (Lipinski definition) is 1. The van der Waals surface area contributed by atoms with E-state index < -0.39 is 0 Å². The van der Waals surface area contributed by atoms with E-state index in [9.17, 15) is 9.18 Å². The minimum Gasteiger partial charge on any atom is -0.494 e. The second-order valence-corrected chi connectivity index (χ2v) is 4.53. The van der Waals surface area contributed by atoms with Crippen LogP contribution in [0.3, 0.4) is 0 Å². The lowest BCUT2D eigenvalue weighted by Gasteiger charge is -2.06. The highest BCUT2D eigenvalue weighted by molar-refractivity contribution is 5.76. The molecule has 0 fully saturated rings. The van der Waals surface area contributed by atoms with Crippen LogP contribution in [0.4, 0.5) is 4.39 Å². The SMILES string of the molecule is CCCCCNC(=O)CCc1ccc(OC)c(F)c1. The van der Waals surface area contributed by atoms with Gasteiger partial charge in [-0.05, 0) is 30.5 Å². The third-order valence-corrected chi connectivity index (χ3v) is 2.96. The van der Waals surface area contributed by atoms with E-state index in [4.69, 9.17) is 4.74 Å². The first-order chi connectivity index (χ1) is 9.17. The normalized spacial score (nSPS) is 10.3. The van der Waals surface area contributed by atoms with Gasteiger partial charge in [-0.15, -0.1) is 0 Å². The number of benzene rings is 1. The van der Waals surface area contributed by atoms with Gasteiger partial charge in [0, 0.05) is 13.0 Å². The smallest absolute Gasteiger partial charge is 0.220 e. The van der Waals surface area contributed by atoms with Crippen LogP contribution in [0.5, 0.6) is 5.75 Å². The Morgan fingerprint density at radius 1 is 1.37 bits per heavy atom. The number of unbranched alkanes of at least 4 members (excludes halogenated alkanes) is 2. The summed E-state index contributed by atoms with van der Waals surface area (Å²) in [5.41, 5.74) is 0.807. The molecule has 0 saturated heterocycles. The third kappa shape index (κ3) is 5.73.